The lowest BCUT2D eigenvalue weighted by molar-refractivity contribution is 0.563. The van der Waals surface area contributed by atoms with Crippen LogP contribution in [0.1, 0.15) is 164 Å². The number of thiocarbonyl (C=S) groups is 2. The molecule has 0 bridgehead atoms. The first-order valence-electron chi connectivity index (χ1n) is 16.3. The van der Waals surface area contributed by atoms with Crippen LogP contribution >= 0.6 is 73.2 Å². The molecule has 0 N–H and O–H groups in total. The fraction of sp³-hybridized carbons (Fsp3) is 0.765. The molecule has 0 heterocycles. The molecule has 1 aromatic rings. The van der Waals surface area contributed by atoms with Gasteiger partial charge < -0.3 is 0 Å². The van der Waals surface area contributed by atoms with Gasteiger partial charge in [-0.15, -0.1) is 23.5 Å². The largest absolute Gasteiger partial charge is 0.165 e. The van der Waals surface area contributed by atoms with Crippen molar-refractivity contribution in [3.05, 3.63) is 35.4 Å². The smallest absolute Gasteiger partial charge is 0.0679 e. The van der Waals surface area contributed by atoms with E-state index in [2.05, 4.69) is 38.1 Å². The molecule has 2 unspecified atom stereocenters. The predicted octanol–water partition coefficient (Wildman–Crippen LogP) is 13.6. The van der Waals surface area contributed by atoms with Crippen LogP contribution in [-0.4, -0.2) is 19.9 Å². The number of benzene rings is 1. The van der Waals surface area contributed by atoms with Crippen LogP contribution in [0.15, 0.2) is 24.3 Å². The lowest BCUT2D eigenvalue weighted by Crippen LogP contribution is -2.04. The molecule has 0 spiro atoms. The molecule has 0 amide bonds. The van der Waals surface area contributed by atoms with Gasteiger partial charge in [0, 0.05) is 0 Å². The monoisotopic (exact) mass is 658 g/mol. The van der Waals surface area contributed by atoms with Crippen molar-refractivity contribution in [2.24, 2.45) is 0 Å². The summed E-state index contributed by atoms with van der Waals surface area (Å²) < 4.78 is 1.97. The molecule has 0 aliphatic rings. The second-order valence-electron chi connectivity index (χ2n) is 11.2. The second-order valence-corrected chi connectivity index (χ2v) is 15.9. The molecule has 0 fully saturated rings. The van der Waals surface area contributed by atoms with E-state index in [1.807, 2.05) is 23.5 Å². The van der Waals surface area contributed by atoms with Crippen molar-refractivity contribution in [1.82, 2.24) is 0 Å². The number of thiol groups is 2. The number of rotatable bonds is 26. The zero-order valence-electron chi connectivity index (χ0n) is 25.5. The molecule has 0 aliphatic heterocycles. The summed E-state index contributed by atoms with van der Waals surface area (Å²) in [5, 5.41) is -0.0126. The molecular formula is C34H58S6. The van der Waals surface area contributed by atoms with Crippen LogP contribution in [0.2, 0.25) is 0 Å². The van der Waals surface area contributed by atoms with Crippen molar-refractivity contribution < 1.29 is 0 Å². The fourth-order valence-electron chi connectivity index (χ4n) is 4.82. The Morgan fingerprint density at radius 3 is 1.02 bits per heavy atom. The maximum Gasteiger partial charge on any atom is 0.0679 e. The molecule has 1 aromatic carbocycles. The lowest BCUT2D eigenvalue weighted by Gasteiger charge is -2.16. The molecule has 0 saturated heterocycles. The van der Waals surface area contributed by atoms with Gasteiger partial charge in [-0.3, -0.25) is 0 Å². The highest BCUT2D eigenvalue weighted by atomic mass is 32.2. The van der Waals surface area contributed by atoms with E-state index in [4.69, 9.17) is 49.7 Å². The number of hydrogen-bond donors (Lipinski definition) is 2. The van der Waals surface area contributed by atoms with E-state index in [1.54, 1.807) is 0 Å². The minimum Gasteiger partial charge on any atom is -0.165 e. The van der Waals surface area contributed by atoms with Gasteiger partial charge in [-0.25, -0.2) is 0 Å². The lowest BCUT2D eigenvalue weighted by atomic mass is 10.1. The standard InChI is InChI=1S/C34H58S6/c1-3-5-7-9-11-13-15-17-19-21-27-39-33(37)31(35)29-23-25-30(26-24-29)32(36)34(38)40-28-22-20-18-16-14-12-10-8-6-4-2/h23-26,31-32,35-36H,3-22,27-28H2,1-2H3. The van der Waals surface area contributed by atoms with E-state index in [1.165, 1.54) is 128 Å². The third-order valence-electron chi connectivity index (χ3n) is 7.50. The quantitative estimate of drug-likeness (QED) is 0.0577. The van der Waals surface area contributed by atoms with Gasteiger partial charge in [0.15, 0.2) is 0 Å². The zero-order valence-corrected chi connectivity index (χ0v) is 30.6. The summed E-state index contributed by atoms with van der Waals surface area (Å²) in [5.74, 6) is 2.21. The van der Waals surface area contributed by atoms with Crippen LogP contribution in [0.25, 0.3) is 0 Å². The van der Waals surface area contributed by atoms with Gasteiger partial charge in [0.25, 0.3) is 0 Å². The topological polar surface area (TPSA) is 0 Å². The summed E-state index contributed by atoms with van der Waals surface area (Å²) in [6.45, 7) is 4.56. The molecule has 6 heteroatoms. The van der Waals surface area contributed by atoms with Crippen LogP contribution < -0.4 is 0 Å². The van der Waals surface area contributed by atoms with E-state index < -0.39 is 0 Å². The summed E-state index contributed by atoms with van der Waals surface area (Å²) >= 11 is 24.7. The Hall–Kier alpha value is 0.800. The summed E-state index contributed by atoms with van der Waals surface area (Å²) in [6.07, 6.45) is 27.4. The maximum atomic E-state index is 5.72. The predicted molar refractivity (Wildman–Crippen MR) is 204 cm³/mol. The van der Waals surface area contributed by atoms with Crippen LogP contribution in [0, 0.1) is 0 Å². The Balaban J connectivity index is 2.16. The van der Waals surface area contributed by atoms with E-state index in [0.29, 0.717) is 0 Å². The van der Waals surface area contributed by atoms with Crippen molar-refractivity contribution in [3.63, 3.8) is 0 Å². The highest BCUT2D eigenvalue weighted by molar-refractivity contribution is 8.24. The molecular weight excluding hydrogens is 601 g/mol. The normalized spacial score (nSPS) is 12.9. The van der Waals surface area contributed by atoms with Gasteiger partial charge in [-0.2, -0.15) is 25.3 Å². The highest BCUT2D eigenvalue weighted by Crippen LogP contribution is 2.32. The van der Waals surface area contributed by atoms with Crippen LogP contribution in [-0.2, 0) is 0 Å². The van der Waals surface area contributed by atoms with E-state index in [0.717, 1.165) is 31.0 Å². The second kappa shape index (κ2) is 27.4. The van der Waals surface area contributed by atoms with Crippen molar-refractivity contribution in [1.29, 1.82) is 0 Å². The van der Waals surface area contributed by atoms with Crippen molar-refractivity contribution in [3.8, 4) is 0 Å². The molecule has 0 saturated carbocycles. The van der Waals surface area contributed by atoms with Crippen LogP contribution in [0.5, 0.6) is 0 Å². The first kappa shape index (κ1) is 38.8. The summed E-state index contributed by atoms with van der Waals surface area (Å²) in [5.41, 5.74) is 2.33. The molecule has 0 radical (unpaired) electrons. The van der Waals surface area contributed by atoms with Gasteiger partial charge >= 0.3 is 0 Å². The van der Waals surface area contributed by atoms with Crippen molar-refractivity contribution in [2.75, 3.05) is 11.5 Å². The van der Waals surface area contributed by atoms with Crippen LogP contribution in [0.4, 0.5) is 0 Å². The van der Waals surface area contributed by atoms with Gasteiger partial charge in [0.1, 0.15) is 0 Å². The minimum absolute atomic E-state index is 0.00629. The molecule has 0 aliphatic carbocycles. The summed E-state index contributed by atoms with van der Waals surface area (Å²) in [7, 11) is 0. The number of hydrogen-bond acceptors (Lipinski definition) is 6. The zero-order chi connectivity index (χ0) is 29.3. The SMILES string of the molecule is CCCCCCCCCCCCSC(=S)C(S)c1ccc(C(S)C(=S)SCCCCCCCCCCCC)cc1. The van der Waals surface area contributed by atoms with Gasteiger partial charge in [0.05, 0.1) is 18.9 Å². The fourth-order valence-corrected chi connectivity index (χ4v) is 8.07. The minimum atomic E-state index is -0.00629. The first-order valence-corrected chi connectivity index (χ1v) is 20.1. The molecule has 0 aromatic heterocycles. The van der Waals surface area contributed by atoms with Gasteiger partial charge in [0.2, 0.25) is 0 Å². The molecule has 1 rings (SSSR count). The third-order valence-corrected chi connectivity index (χ3v) is 12.5. The molecule has 230 valence electrons. The Bertz CT molecular complexity index is 684. The van der Waals surface area contributed by atoms with Crippen molar-refractivity contribution in [2.45, 2.75) is 153 Å². The van der Waals surface area contributed by atoms with E-state index >= 15 is 0 Å². The Morgan fingerprint density at radius 2 is 0.750 bits per heavy atom. The molecule has 0 nitrogen and oxygen atoms in total. The average Bonchev–Trinajstić information content (AvgIpc) is 2.97. The van der Waals surface area contributed by atoms with Gasteiger partial charge in [-0.05, 0) is 35.5 Å². The average molecular weight is 659 g/mol. The number of thioether (sulfide) groups is 2. The summed E-state index contributed by atoms with van der Waals surface area (Å²) in [6, 6.07) is 8.61. The Morgan fingerprint density at radius 1 is 0.500 bits per heavy atom. The first-order chi connectivity index (χ1) is 19.5. The molecule has 2 atom stereocenters. The Kier molecular flexibility index (Phi) is 26.6. The Labute approximate surface area is 279 Å². The molecule has 40 heavy (non-hydrogen) atoms. The maximum absolute atomic E-state index is 5.72. The van der Waals surface area contributed by atoms with Crippen molar-refractivity contribution >= 4 is 81.6 Å². The summed E-state index contributed by atoms with van der Waals surface area (Å²) in [4.78, 5) is 0. The number of unbranched alkanes of at least 4 members (excludes halogenated alkanes) is 18. The third kappa shape index (κ3) is 19.9. The van der Waals surface area contributed by atoms with Crippen LogP contribution in [0.3, 0.4) is 0 Å². The van der Waals surface area contributed by atoms with Gasteiger partial charge in [-0.1, -0.05) is 178 Å². The van der Waals surface area contributed by atoms with E-state index in [-0.39, 0.29) is 10.5 Å². The van der Waals surface area contributed by atoms with E-state index in [9.17, 15) is 0 Å². The highest BCUT2D eigenvalue weighted by Gasteiger charge is 2.16.